The van der Waals surface area contributed by atoms with Crippen LogP contribution in [0.4, 0.5) is 9.59 Å². The molecule has 0 unspecified atom stereocenters. The largest absolute Gasteiger partial charge is 0.450 e. The van der Waals surface area contributed by atoms with Crippen LogP contribution in [0.3, 0.4) is 0 Å². The predicted molar refractivity (Wildman–Crippen MR) is 88.1 cm³/mol. The first-order valence-corrected chi connectivity index (χ1v) is 8.07. The van der Waals surface area contributed by atoms with Crippen LogP contribution < -0.4 is 5.32 Å². The normalized spacial score (nSPS) is 15.1. The van der Waals surface area contributed by atoms with Gasteiger partial charge < -0.3 is 19.9 Å². The molecule has 1 aliphatic heterocycles. The zero-order chi connectivity index (χ0) is 16.7. The van der Waals surface area contributed by atoms with Gasteiger partial charge in [-0.1, -0.05) is 30.3 Å². The lowest BCUT2D eigenvalue weighted by molar-refractivity contribution is 0.0952. The second kappa shape index (κ2) is 8.41. The maximum atomic E-state index is 12.2. The average Bonchev–Trinajstić information content (AvgIpc) is 2.56. The summed E-state index contributed by atoms with van der Waals surface area (Å²) in [6.45, 7) is 4.00. The van der Waals surface area contributed by atoms with Gasteiger partial charge in [0.2, 0.25) is 0 Å². The van der Waals surface area contributed by atoms with Crippen molar-refractivity contribution >= 4 is 12.1 Å². The summed E-state index contributed by atoms with van der Waals surface area (Å²) in [5, 5.41) is 3.04. The molecule has 3 amide bonds. The van der Waals surface area contributed by atoms with Gasteiger partial charge in [-0.3, -0.25) is 0 Å². The van der Waals surface area contributed by atoms with E-state index in [2.05, 4.69) is 5.32 Å². The van der Waals surface area contributed by atoms with Crippen LogP contribution in [0.2, 0.25) is 0 Å². The van der Waals surface area contributed by atoms with Crippen molar-refractivity contribution in [2.24, 2.45) is 0 Å². The molecule has 1 fully saturated rings. The fraction of sp³-hybridized carbons (Fsp3) is 0.529. The third-order valence-electron chi connectivity index (χ3n) is 3.96. The van der Waals surface area contributed by atoms with Crippen molar-refractivity contribution in [1.29, 1.82) is 0 Å². The third-order valence-corrected chi connectivity index (χ3v) is 3.96. The number of hydrogen-bond donors (Lipinski definition) is 1. The third kappa shape index (κ3) is 5.16. The van der Waals surface area contributed by atoms with Crippen molar-refractivity contribution in [3.05, 3.63) is 35.9 Å². The first-order chi connectivity index (χ1) is 11.1. The number of hydrogen-bond acceptors (Lipinski definition) is 3. The molecule has 1 aromatic carbocycles. The lowest BCUT2D eigenvalue weighted by Gasteiger charge is -2.32. The molecule has 0 bridgehead atoms. The summed E-state index contributed by atoms with van der Waals surface area (Å²) in [4.78, 5) is 27.3. The van der Waals surface area contributed by atoms with Gasteiger partial charge in [-0.2, -0.15) is 0 Å². The van der Waals surface area contributed by atoms with E-state index in [9.17, 15) is 9.59 Å². The van der Waals surface area contributed by atoms with Gasteiger partial charge in [-0.25, -0.2) is 9.59 Å². The molecule has 0 aliphatic carbocycles. The van der Waals surface area contributed by atoms with Gasteiger partial charge in [0.1, 0.15) is 0 Å². The Balaban J connectivity index is 1.75. The van der Waals surface area contributed by atoms with Crippen molar-refractivity contribution in [2.45, 2.75) is 32.4 Å². The standard InChI is InChI=1S/C17H25N3O3/c1-3-23-17(22)20-11-9-15(10-12-20)18-16(21)19(2)13-14-7-5-4-6-8-14/h4-8,15H,3,9-13H2,1-2H3,(H,18,21). The van der Waals surface area contributed by atoms with Crippen LogP contribution in [0.5, 0.6) is 0 Å². The summed E-state index contributed by atoms with van der Waals surface area (Å²) < 4.78 is 4.99. The summed E-state index contributed by atoms with van der Waals surface area (Å²) in [6, 6.07) is 9.91. The van der Waals surface area contributed by atoms with Gasteiger partial charge in [0.15, 0.2) is 0 Å². The van der Waals surface area contributed by atoms with Crippen molar-refractivity contribution in [1.82, 2.24) is 15.1 Å². The Morgan fingerprint density at radius 1 is 1.26 bits per heavy atom. The van der Waals surface area contributed by atoms with Crippen LogP contribution in [0.25, 0.3) is 0 Å². The second-order valence-electron chi connectivity index (χ2n) is 5.75. The number of carbonyl (C=O) groups is 2. The van der Waals surface area contributed by atoms with E-state index in [4.69, 9.17) is 4.74 Å². The molecule has 1 aromatic rings. The van der Waals surface area contributed by atoms with Crippen LogP contribution in [-0.2, 0) is 11.3 Å². The minimum absolute atomic E-state index is 0.0802. The molecule has 2 rings (SSSR count). The van der Waals surface area contributed by atoms with Crippen LogP contribution in [0.15, 0.2) is 30.3 Å². The first-order valence-electron chi connectivity index (χ1n) is 8.07. The molecule has 0 saturated carbocycles. The number of ether oxygens (including phenoxy) is 1. The van der Waals surface area contributed by atoms with E-state index < -0.39 is 0 Å². The number of likely N-dealkylation sites (tertiary alicyclic amines) is 1. The Hall–Kier alpha value is -2.24. The summed E-state index contributed by atoms with van der Waals surface area (Å²) in [6.07, 6.45) is 1.24. The SMILES string of the molecule is CCOC(=O)N1CCC(NC(=O)N(C)Cc2ccccc2)CC1. The minimum atomic E-state index is -0.265. The maximum Gasteiger partial charge on any atom is 0.409 e. The van der Waals surface area contributed by atoms with Gasteiger partial charge >= 0.3 is 12.1 Å². The molecule has 6 heteroatoms. The molecule has 6 nitrogen and oxygen atoms in total. The molecule has 1 N–H and O–H groups in total. The van der Waals surface area contributed by atoms with Crippen LogP contribution in [0.1, 0.15) is 25.3 Å². The topological polar surface area (TPSA) is 61.9 Å². The molecule has 1 heterocycles. The second-order valence-corrected chi connectivity index (χ2v) is 5.75. The Bertz CT molecular complexity index is 513. The van der Waals surface area contributed by atoms with Gasteiger partial charge in [-0.15, -0.1) is 0 Å². The molecule has 0 aromatic heterocycles. The van der Waals surface area contributed by atoms with Crippen LogP contribution in [-0.4, -0.2) is 54.7 Å². The van der Waals surface area contributed by atoms with E-state index in [0.717, 1.165) is 18.4 Å². The maximum absolute atomic E-state index is 12.2. The smallest absolute Gasteiger partial charge is 0.409 e. The Labute approximate surface area is 137 Å². The van der Waals surface area contributed by atoms with E-state index in [1.807, 2.05) is 30.3 Å². The monoisotopic (exact) mass is 319 g/mol. The number of rotatable bonds is 4. The summed E-state index contributed by atoms with van der Waals surface area (Å²) in [7, 11) is 1.79. The van der Waals surface area contributed by atoms with E-state index in [1.54, 1.807) is 23.8 Å². The van der Waals surface area contributed by atoms with E-state index in [1.165, 1.54) is 0 Å². The number of nitrogens with zero attached hydrogens (tertiary/aromatic N) is 2. The Morgan fingerprint density at radius 3 is 2.52 bits per heavy atom. The number of amides is 3. The van der Waals surface area contributed by atoms with Gasteiger partial charge in [0.25, 0.3) is 0 Å². The summed E-state index contributed by atoms with van der Waals surface area (Å²) >= 11 is 0. The average molecular weight is 319 g/mol. The molecular formula is C17H25N3O3. The van der Waals surface area contributed by atoms with E-state index >= 15 is 0 Å². The molecule has 1 aliphatic rings. The van der Waals surface area contributed by atoms with Gasteiger partial charge in [0, 0.05) is 32.7 Å². The fourth-order valence-electron chi connectivity index (χ4n) is 2.64. The number of piperidine rings is 1. The molecule has 0 radical (unpaired) electrons. The van der Waals surface area contributed by atoms with E-state index in [-0.39, 0.29) is 18.2 Å². The molecule has 1 saturated heterocycles. The van der Waals surface area contributed by atoms with Gasteiger partial charge in [0.05, 0.1) is 6.61 Å². The number of benzene rings is 1. The van der Waals surface area contributed by atoms with Crippen molar-refractivity contribution in [3.8, 4) is 0 Å². The first kappa shape index (κ1) is 17.1. The lowest BCUT2D eigenvalue weighted by Crippen LogP contribution is -2.49. The molecule has 0 spiro atoms. The van der Waals surface area contributed by atoms with Crippen LogP contribution >= 0.6 is 0 Å². The molecular weight excluding hydrogens is 294 g/mol. The highest BCUT2D eigenvalue weighted by atomic mass is 16.6. The molecule has 126 valence electrons. The van der Waals surface area contributed by atoms with Crippen LogP contribution in [0, 0.1) is 0 Å². The minimum Gasteiger partial charge on any atom is -0.450 e. The van der Waals surface area contributed by atoms with Gasteiger partial charge in [-0.05, 0) is 25.3 Å². The number of nitrogens with one attached hydrogen (secondary N) is 1. The highest BCUT2D eigenvalue weighted by molar-refractivity contribution is 5.74. The predicted octanol–water partition coefficient (Wildman–Crippen LogP) is 2.45. The summed E-state index contributed by atoms with van der Waals surface area (Å²) in [5.41, 5.74) is 1.10. The Morgan fingerprint density at radius 2 is 1.91 bits per heavy atom. The lowest BCUT2D eigenvalue weighted by atomic mass is 10.1. The summed E-state index contributed by atoms with van der Waals surface area (Å²) in [5.74, 6) is 0. The zero-order valence-corrected chi connectivity index (χ0v) is 13.8. The number of urea groups is 1. The zero-order valence-electron chi connectivity index (χ0n) is 13.8. The molecule has 0 atom stereocenters. The van der Waals surface area contributed by atoms with E-state index in [0.29, 0.717) is 26.2 Å². The fourth-order valence-corrected chi connectivity index (χ4v) is 2.64. The molecule has 23 heavy (non-hydrogen) atoms. The quantitative estimate of drug-likeness (QED) is 0.927. The number of carbonyl (C=O) groups excluding carboxylic acids is 2. The Kier molecular flexibility index (Phi) is 6.26. The van der Waals surface area contributed by atoms with Crippen molar-refractivity contribution in [3.63, 3.8) is 0 Å². The highest BCUT2D eigenvalue weighted by Crippen LogP contribution is 2.12. The highest BCUT2D eigenvalue weighted by Gasteiger charge is 2.25. The van der Waals surface area contributed by atoms with Crippen molar-refractivity contribution < 1.29 is 14.3 Å². The van der Waals surface area contributed by atoms with Crippen molar-refractivity contribution in [2.75, 3.05) is 26.7 Å².